The summed E-state index contributed by atoms with van der Waals surface area (Å²) in [6.45, 7) is 10.6. The second-order valence-corrected chi connectivity index (χ2v) is 5.65. The van der Waals surface area contributed by atoms with Gasteiger partial charge in [0.15, 0.2) is 0 Å². The van der Waals surface area contributed by atoms with E-state index in [9.17, 15) is 4.79 Å². The maximum atomic E-state index is 11.3. The van der Waals surface area contributed by atoms with Crippen molar-refractivity contribution in [2.75, 3.05) is 13.2 Å². The Kier molecular flexibility index (Phi) is 5.75. The molecule has 0 aromatic carbocycles. The van der Waals surface area contributed by atoms with Crippen LogP contribution in [0.5, 0.6) is 0 Å². The van der Waals surface area contributed by atoms with Gasteiger partial charge >= 0.3 is 6.09 Å². The maximum Gasteiger partial charge on any atom is 0.407 e. The summed E-state index contributed by atoms with van der Waals surface area (Å²) < 4.78 is 5.11. The van der Waals surface area contributed by atoms with E-state index in [0.29, 0.717) is 13.2 Å². The Bertz CT molecular complexity index is 222. The van der Waals surface area contributed by atoms with Crippen LogP contribution in [0.2, 0.25) is 0 Å². The lowest BCUT2D eigenvalue weighted by Crippen LogP contribution is -2.35. The average Bonchev–Trinajstić information content (AvgIpc) is 1.99. The summed E-state index contributed by atoms with van der Waals surface area (Å²) in [7, 11) is 0. The van der Waals surface area contributed by atoms with Crippen LogP contribution in [0, 0.1) is 5.41 Å². The van der Waals surface area contributed by atoms with Gasteiger partial charge in [-0.15, -0.1) is 0 Å². The molecule has 0 aliphatic carbocycles. The Morgan fingerprint density at radius 1 is 1.25 bits per heavy atom. The van der Waals surface area contributed by atoms with Crippen LogP contribution >= 0.6 is 0 Å². The number of nitrogens with one attached hydrogen (secondary N) is 1. The zero-order valence-electron chi connectivity index (χ0n) is 10.9. The second-order valence-electron chi connectivity index (χ2n) is 5.65. The third kappa shape index (κ3) is 8.49. The van der Waals surface area contributed by atoms with Gasteiger partial charge in [0.05, 0.1) is 6.61 Å². The van der Waals surface area contributed by atoms with Gasteiger partial charge in [0.25, 0.3) is 0 Å². The number of rotatable bonds is 5. The van der Waals surface area contributed by atoms with Gasteiger partial charge < -0.3 is 14.9 Å². The molecule has 1 amide bonds. The van der Waals surface area contributed by atoms with Crippen molar-refractivity contribution in [3.05, 3.63) is 0 Å². The molecule has 0 aromatic rings. The summed E-state index contributed by atoms with van der Waals surface area (Å²) in [5.41, 5.74) is -0.510. The Morgan fingerprint density at radius 2 is 1.81 bits per heavy atom. The highest BCUT2D eigenvalue weighted by molar-refractivity contribution is 5.67. The molecule has 0 aliphatic heterocycles. The zero-order chi connectivity index (χ0) is 12.8. The lowest BCUT2D eigenvalue weighted by Gasteiger charge is -2.24. The van der Waals surface area contributed by atoms with E-state index in [0.717, 1.165) is 6.42 Å². The molecule has 96 valence electrons. The van der Waals surface area contributed by atoms with E-state index in [1.165, 1.54) is 0 Å². The van der Waals surface area contributed by atoms with Gasteiger partial charge in [-0.2, -0.15) is 0 Å². The molecule has 0 fully saturated rings. The molecule has 3 N–H and O–H groups in total. The van der Waals surface area contributed by atoms with E-state index < -0.39 is 11.7 Å². The first kappa shape index (κ1) is 15.2. The summed E-state index contributed by atoms with van der Waals surface area (Å²) in [4.78, 5) is 15.9. The Hall–Kier alpha value is -0.810. The fourth-order valence-electron chi connectivity index (χ4n) is 1.11. The highest BCUT2D eigenvalue weighted by Gasteiger charge is 2.19. The van der Waals surface area contributed by atoms with Crippen molar-refractivity contribution in [1.82, 2.24) is 5.32 Å². The number of hydrogen-bond acceptors (Lipinski definition) is 4. The smallest absolute Gasteiger partial charge is 0.407 e. The van der Waals surface area contributed by atoms with Crippen molar-refractivity contribution in [3.8, 4) is 0 Å². The van der Waals surface area contributed by atoms with Gasteiger partial charge in [0, 0.05) is 6.54 Å². The summed E-state index contributed by atoms with van der Waals surface area (Å²) >= 11 is 0. The van der Waals surface area contributed by atoms with Gasteiger partial charge in [0.2, 0.25) is 0 Å². The number of nitrogens with two attached hydrogens (primary N) is 1. The van der Waals surface area contributed by atoms with Gasteiger partial charge in [-0.1, -0.05) is 13.8 Å². The minimum absolute atomic E-state index is 0.0518. The van der Waals surface area contributed by atoms with Crippen molar-refractivity contribution in [2.24, 2.45) is 11.3 Å². The summed E-state index contributed by atoms with van der Waals surface area (Å²) in [5, 5.41) is 2.70. The number of carbonyl (C=O) groups excluding carboxylic acids is 1. The van der Waals surface area contributed by atoms with Crippen LogP contribution in [0.4, 0.5) is 4.79 Å². The van der Waals surface area contributed by atoms with Crippen LogP contribution in [-0.2, 0) is 9.57 Å². The van der Waals surface area contributed by atoms with E-state index in [1.807, 2.05) is 34.6 Å². The van der Waals surface area contributed by atoms with E-state index in [2.05, 4.69) is 10.2 Å². The Morgan fingerprint density at radius 3 is 2.25 bits per heavy atom. The van der Waals surface area contributed by atoms with Gasteiger partial charge in [-0.3, -0.25) is 0 Å². The lowest BCUT2D eigenvalue weighted by atomic mass is 9.91. The molecule has 5 nitrogen and oxygen atoms in total. The first-order valence-corrected chi connectivity index (χ1v) is 5.45. The molecule has 0 saturated carbocycles. The predicted octanol–water partition coefficient (Wildman–Crippen LogP) is 1.82. The molecule has 0 heterocycles. The number of hydrogen-bond donors (Lipinski definition) is 2. The molecular formula is C11H24N2O3. The average molecular weight is 232 g/mol. The standard InChI is InChI=1S/C11H24N2O3/c1-10(2,3)16-9(14)13-7-6-11(4,5)8-15-12/h6-8,12H2,1-5H3,(H,13,14). The van der Waals surface area contributed by atoms with E-state index in [4.69, 9.17) is 10.6 Å². The molecule has 0 radical (unpaired) electrons. The summed E-state index contributed by atoms with van der Waals surface area (Å²) in [6, 6.07) is 0. The molecule has 16 heavy (non-hydrogen) atoms. The highest BCUT2D eigenvalue weighted by Crippen LogP contribution is 2.19. The zero-order valence-corrected chi connectivity index (χ0v) is 10.9. The van der Waals surface area contributed by atoms with E-state index in [-0.39, 0.29) is 5.41 Å². The summed E-state index contributed by atoms with van der Waals surface area (Å²) in [6.07, 6.45) is 0.389. The second kappa shape index (κ2) is 6.06. The number of alkyl carbamates (subject to hydrolysis) is 1. The van der Waals surface area contributed by atoms with Crippen molar-refractivity contribution in [1.29, 1.82) is 0 Å². The van der Waals surface area contributed by atoms with Crippen LogP contribution in [0.25, 0.3) is 0 Å². The van der Waals surface area contributed by atoms with Gasteiger partial charge in [0.1, 0.15) is 5.60 Å². The molecule has 0 aromatic heterocycles. The largest absolute Gasteiger partial charge is 0.444 e. The van der Waals surface area contributed by atoms with Crippen molar-refractivity contribution >= 4 is 6.09 Å². The van der Waals surface area contributed by atoms with Crippen LogP contribution in [-0.4, -0.2) is 24.8 Å². The lowest BCUT2D eigenvalue weighted by molar-refractivity contribution is 0.0465. The van der Waals surface area contributed by atoms with Gasteiger partial charge in [-0.05, 0) is 32.6 Å². The van der Waals surface area contributed by atoms with Crippen molar-refractivity contribution in [2.45, 2.75) is 46.6 Å². The Labute approximate surface area is 97.6 Å². The molecular weight excluding hydrogens is 208 g/mol. The molecule has 0 bridgehead atoms. The van der Waals surface area contributed by atoms with Crippen LogP contribution in [0.15, 0.2) is 0 Å². The predicted molar refractivity (Wildman–Crippen MR) is 62.8 cm³/mol. The van der Waals surface area contributed by atoms with Crippen LogP contribution in [0.3, 0.4) is 0 Å². The normalized spacial score (nSPS) is 12.4. The number of amides is 1. The van der Waals surface area contributed by atoms with E-state index in [1.54, 1.807) is 0 Å². The third-order valence-corrected chi connectivity index (χ3v) is 1.94. The van der Waals surface area contributed by atoms with Gasteiger partial charge in [-0.25, -0.2) is 10.7 Å². The molecule has 0 unspecified atom stereocenters. The first-order valence-electron chi connectivity index (χ1n) is 5.45. The molecule has 5 heteroatoms. The maximum absolute atomic E-state index is 11.3. The quantitative estimate of drug-likeness (QED) is 0.709. The SMILES string of the molecule is CC(C)(CCNC(=O)OC(C)(C)C)CON. The molecule has 0 rings (SSSR count). The minimum atomic E-state index is -0.458. The van der Waals surface area contributed by atoms with E-state index >= 15 is 0 Å². The van der Waals surface area contributed by atoms with Crippen molar-refractivity contribution in [3.63, 3.8) is 0 Å². The molecule has 0 spiro atoms. The van der Waals surface area contributed by atoms with Crippen LogP contribution in [0.1, 0.15) is 41.0 Å². The number of ether oxygens (including phenoxy) is 1. The third-order valence-electron chi connectivity index (χ3n) is 1.94. The molecule has 0 saturated heterocycles. The topological polar surface area (TPSA) is 73.6 Å². The fraction of sp³-hybridized carbons (Fsp3) is 0.909. The summed E-state index contributed by atoms with van der Waals surface area (Å²) in [5.74, 6) is 5.02. The first-order chi connectivity index (χ1) is 7.16. The fourth-order valence-corrected chi connectivity index (χ4v) is 1.11. The molecule has 0 atom stereocenters. The van der Waals surface area contributed by atoms with Crippen molar-refractivity contribution < 1.29 is 14.4 Å². The number of carbonyl (C=O) groups is 1. The monoisotopic (exact) mass is 232 g/mol. The minimum Gasteiger partial charge on any atom is -0.444 e. The molecule has 0 aliphatic rings. The highest BCUT2D eigenvalue weighted by atomic mass is 16.6. The Balaban J connectivity index is 3.78. The van der Waals surface area contributed by atoms with Crippen LogP contribution < -0.4 is 11.2 Å².